The van der Waals surface area contributed by atoms with E-state index in [0.717, 1.165) is 30.0 Å². The molecule has 0 amide bonds. The van der Waals surface area contributed by atoms with Crippen LogP contribution in [0, 0.1) is 0 Å². The molecule has 19 heavy (non-hydrogen) atoms. The van der Waals surface area contributed by atoms with E-state index in [4.69, 9.17) is 4.74 Å². The van der Waals surface area contributed by atoms with Gasteiger partial charge in [0, 0.05) is 13.0 Å². The Morgan fingerprint density at radius 1 is 1.26 bits per heavy atom. The molecule has 0 aliphatic rings. The minimum Gasteiger partial charge on any atom is -0.497 e. The number of nitrogens with zero attached hydrogens (tertiary/aromatic N) is 3. The monoisotopic (exact) mass is 261 g/mol. The van der Waals surface area contributed by atoms with Crippen LogP contribution in [-0.2, 0) is 19.6 Å². The summed E-state index contributed by atoms with van der Waals surface area (Å²) >= 11 is 0. The van der Waals surface area contributed by atoms with Gasteiger partial charge in [0.2, 0.25) is 0 Å². The molecule has 0 radical (unpaired) electrons. The summed E-state index contributed by atoms with van der Waals surface area (Å²) in [5.74, 6) is 0.839. The minimum absolute atomic E-state index is 0.0742. The van der Waals surface area contributed by atoms with Crippen LogP contribution in [0.4, 0.5) is 0 Å². The molecule has 0 spiro atoms. The van der Waals surface area contributed by atoms with Gasteiger partial charge in [0.05, 0.1) is 19.4 Å². The number of aromatic nitrogens is 3. The first kappa shape index (κ1) is 13.5. The van der Waals surface area contributed by atoms with E-state index in [1.54, 1.807) is 7.11 Å². The molecule has 0 unspecified atom stereocenters. The normalized spacial score (nSPS) is 10.7. The maximum atomic E-state index is 9.32. The van der Waals surface area contributed by atoms with Gasteiger partial charge < -0.3 is 9.84 Å². The molecule has 1 aromatic carbocycles. The fourth-order valence-corrected chi connectivity index (χ4v) is 2.01. The van der Waals surface area contributed by atoms with E-state index < -0.39 is 0 Å². The molecule has 5 nitrogen and oxygen atoms in total. The standard InChI is InChI=1S/C14H19N3O2/c1-3-8-17-14(13(10-18)15-16-17)9-11-4-6-12(19-2)7-5-11/h4-7,18H,3,8-10H2,1-2H3. The molecule has 102 valence electrons. The second kappa shape index (κ2) is 6.33. The van der Waals surface area contributed by atoms with E-state index in [-0.39, 0.29) is 6.61 Å². The average Bonchev–Trinajstić information content (AvgIpc) is 2.82. The number of aliphatic hydroxyl groups is 1. The number of hydrogen-bond donors (Lipinski definition) is 1. The molecule has 1 heterocycles. The Morgan fingerprint density at radius 2 is 2.00 bits per heavy atom. The summed E-state index contributed by atoms with van der Waals surface area (Å²) in [6.07, 6.45) is 1.71. The third-order valence-electron chi connectivity index (χ3n) is 3.03. The third-order valence-corrected chi connectivity index (χ3v) is 3.03. The van der Waals surface area contributed by atoms with Gasteiger partial charge in [-0.3, -0.25) is 0 Å². The summed E-state index contributed by atoms with van der Waals surface area (Å²) in [4.78, 5) is 0. The molecule has 0 fully saturated rings. The van der Waals surface area contributed by atoms with Gasteiger partial charge in [-0.1, -0.05) is 24.3 Å². The number of ether oxygens (including phenoxy) is 1. The van der Waals surface area contributed by atoms with Crippen molar-refractivity contribution in [3.05, 3.63) is 41.2 Å². The Balaban J connectivity index is 2.22. The molecule has 0 aliphatic heterocycles. The van der Waals surface area contributed by atoms with Gasteiger partial charge >= 0.3 is 0 Å². The SMILES string of the molecule is CCCn1nnc(CO)c1Cc1ccc(OC)cc1. The topological polar surface area (TPSA) is 60.2 Å². The Morgan fingerprint density at radius 3 is 2.58 bits per heavy atom. The highest BCUT2D eigenvalue weighted by Gasteiger charge is 2.12. The summed E-state index contributed by atoms with van der Waals surface area (Å²) in [7, 11) is 1.65. The highest BCUT2D eigenvalue weighted by Crippen LogP contribution is 2.16. The van der Waals surface area contributed by atoms with Crippen LogP contribution >= 0.6 is 0 Å². The largest absolute Gasteiger partial charge is 0.497 e. The van der Waals surface area contributed by atoms with Gasteiger partial charge in [-0.05, 0) is 24.1 Å². The maximum absolute atomic E-state index is 9.32. The van der Waals surface area contributed by atoms with Gasteiger partial charge in [0.1, 0.15) is 11.4 Å². The summed E-state index contributed by atoms with van der Waals surface area (Å²) < 4.78 is 7.01. The first-order chi connectivity index (χ1) is 9.28. The first-order valence-corrected chi connectivity index (χ1v) is 6.43. The summed E-state index contributed by atoms with van der Waals surface area (Å²) in [6, 6.07) is 7.90. The summed E-state index contributed by atoms with van der Waals surface area (Å²) in [5, 5.41) is 17.4. The zero-order valence-electron chi connectivity index (χ0n) is 11.3. The maximum Gasteiger partial charge on any atom is 0.118 e. The number of rotatable bonds is 6. The Kier molecular flexibility index (Phi) is 4.52. The van der Waals surface area contributed by atoms with Gasteiger partial charge in [-0.15, -0.1) is 5.10 Å². The van der Waals surface area contributed by atoms with Crippen molar-refractivity contribution in [1.82, 2.24) is 15.0 Å². The third kappa shape index (κ3) is 3.12. The average molecular weight is 261 g/mol. The van der Waals surface area contributed by atoms with Gasteiger partial charge in [0.15, 0.2) is 0 Å². The molecule has 0 saturated carbocycles. The lowest BCUT2D eigenvalue weighted by Gasteiger charge is -2.07. The van der Waals surface area contributed by atoms with Crippen molar-refractivity contribution < 1.29 is 9.84 Å². The number of methoxy groups -OCH3 is 1. The molecule has 5 heteroatoms. The van der Waals surface area contributed by atoms with Crippen LogP contribution in [0.2, 0.25) is 0 Å². The lowest BCUT2D eigenvalue weighted by atomic mass is 10.1. The van der Waals surface area contributed by atoms with Crippen molar-refractivity contribution in [1.29, 1.82) is 0 Å². The highest BCUT2D eigenvalue weighted by atomic mass is 16.5. The van der Waals surface area contributed by atoms with Gasteiger partial charge in [-0.2, -0.15) is 0 Å². The van der Waals surface area contributed by atoms with Crippen molar-refractivity contribution >= 4 is 0 Å². The van der Waals surface area contributed by atoms with Crippen LogP contribution in [0.15, 0.2) is 24.3 Å². The van der Waals surface area contributed by atoms with Crippen molar-refractivity contribution in [2.45, 2.75) is 32.9 Å². The second-order valence-corrected chi connectivity index (χ2v) is 4.39. The smallest absolute Gasteiger partial charge is 0.118 e. The Bertz CT molecular complexity index is 520. The Hall–Kier alpha value is -1.88. The van der Waals surface area contributed by atoms with Crippen LogP contribution < -0.4 is 4.74 Å². The van der Waals surface area contributed by atoms with E-state index in [1.165, 1.54) is 0 Å². The van der Waals surface area contributed by atoms with E-state index >= 15 is 0 Å². The predicted octanol–water partition coefficient (Wildman–Crippen LogP) is 1.78. The number of benzene rings is 1. The molecule has 0 saturated heterocycles. The van der Waals surface area contributed by atoms with Gasteiger partial charge in [0.25, 0.3) is 0 Å². The van der Waals surface area contributed by atoms with Crippen molar-refractivity contribution in [3.63, 3.8) is 0 Å². The zero-order chi connectivity index (χ0) is 13.7. The zero-order valence-corrected chi connectivity index (χ0v) is 11.3. The van der Waals surface area contributed by atoms with E-state index in [9.17, 15) is 5.11 Å². The fraction of sp³-hybridized carbons (Fsp3) is 0.429. The second-order valence-electron chi connectivity index (χ2n) is 4.39. The van der Waals surface area contributed by atoms with Crippen LogP contribution in [0.25, 0.3) is 0 Å². The Labute approximate surface area is 112 Å². The van der Waals surface area contributed by atoms with Crippen LogP contribution in [0.1, 0.15) is 30.3 Å². The molecule has 1 N–H and O–H groups in total. The molecular formula is C14H19N3O2. The van der Waals surface area contributed by atoms with Crippen molar-refractivity contribution in [2.75, 3.05) is 7.11 Å². The first-order valence-electron chi connectivity index (χ1n) is 6.43. The van der Waals surface area contributed by atoms with Gasteiger partial charge in [-0.25, -0.2) is 4.68 Å². The molecular weight excluding hydrogens is 242 g/mol. The number of hydrogen-bond acceptors (Lipinski definition) is 4. The number of aryl methyl sites for hydroxylation is 1. The lowest BCUT2D eigenvalue weighted by Crippen LogP contribution is -2.06. The molecule has 0 aliphatic carbocycles. The van der Waals surface area contributed by atoms with Crippen molar-refractivity contribution in [3.8, 4) is 5.75 Å². The lowest BCUT2D eigenvalue weighted by molar-refractivity contribution is 0.275. The quantitative estimate of drug-likeness (QED) is 0.861. The highest BCUT2D eigenvalue weighted by molar-refractivity contribution is 5.30. The summed E-state index contributed by atoms with van der Waals surface area (Å²) in [5.41, 5.74) is 2.79. The molecule has 2 rings (SSSR count). The molecule has 0 atom stereocenters. The van der Waals surface area contributed by atoms with E-state index in [2.05, 4.69) is 17.2 Å². The van der Waals surface area contributed by atoms with Crippen LogP contribution in [0.3, 0.4) is 0 Å². The van der Waals surface area contributed by atoms with Crippen LogP contribution in [0.5, 0.6) is 5.75 Å². The van der Waals surface area contributed by atoms with E-state index in [0.29, 0.717) is 12.1 Å². The molecule has 1 aromatic heterocycles. The van der Waals surface area contributed by atoms with E-state index in [1.807, 2.05) is 28.9 Å². The molecule has 0 bridgehead atoms. The fourth-order valence-electron chi connectivity index (χ4n) is 2.01. The summed E-state index contributed by atoms with van der Waals surface area (Å²) in [6.45, 7) is 2.84. The van der Waals surface area contributed by atoms with Crippen molar-refractivity contribution in [2.24, 2.45) is 0 Å². The van der Waals surface area contributed by atoms with Crippen LogP contribution in [-0.4, -0.2) is 27.2 Å². The minimum atomic E-state index is -0.0742. The molecule has 2 aromatic rings. The number of aliphatic hydroxyl groups excluding tert-OH is 1. The predicted molar refractivity (Wildman–Crippen MR) is 72.0 cm³/mol.